The van der Waals surface area contributed by atoms with Crippen LogP contribution in [0.15, 0.2) is 35.4 Å². The van der Waals surface area contributed by atoms with Gasteiger partial charge in [0.2, 0.25) is 5.91 Å². The zero-order valence-electron chi connectivity index (χ0n) is 20.3. The van der Waals surface area contributed by atoms with Crippen molar-refractivity contribution < 1.29 is 4.79 Å². The van der Waals surface area contributed by atoms with Crippen molar-refractivity contribution in [1.82, 2.24) is 9.88 Å². The zero-order chi connectivity index (χ0) is 24.8. The van der Waals surface area contributed by atoms with Crippen molar-refractivity contribution in [3.05, 3.63) is 52.6 Å². The number of thioether (sulfide) groups is 1. The molecule has 178 valence electrons. The van der Waals surface area contributed by atoms with Gasteiger partial charge in [0, 0.05) is 32.2 Å². The maximum atomic E-state index is 12.3. The van der Waals surface area contributed by atoms with E-state index in [-0.39, 0.29) is 0 Å². The Morgan fingerprint density at radius 3 is 2.35 bits per heavy atom. The predicted molar refractivity (Wildman–Crippen MR) is 135 cm³/mol. The molecule has 1 aliphatic rings. The summed E-state index contributed by atoms with van der Waals surface area (Å²) in [6.45, 7) is 7.99. The Morgan fingerprint density at radius 2 is 1.82 bits per heavy atom. The van der Waals surface area contributed by atoms with Gasteiger partial charge in [0.25, 0.3) is 0 Å². The van der Waals surface area contributed by atoms with E-state index >= 15 is 0 Å². The molecule has 2 heterocycles. The summed E-state index contributed by atoms with van der Waals surface area (Å²) in [5.41, 5.74) is 7.90. The van der Waals surface area contributed by atoms with Crippen molar-refractivity contribution in [2.45, 2.75) is 62.4 Å². The number of nitrogens with two attached hydrogens (primary N) is 1. The minimum atomic E-state index is -0.692. The quantitative estimate of drug-likeness (QED) is 0.544. The summed E-state index contributed by atoms with van der Waals surface area (Å²) in [5.74, 6) is 0.0350. The lowest BCUT2D eigenvalue weighted by molar-refractivity contribution is -0.117. The number of likely N-dealkylation sites (N-methyl/N-ethyl adjacent to an activating group) is 1. The molecule has 0 saturated carbocycles. The number of amides is 1. The van der Waals surface area contributed by atoms with Crippen molar-refractivity contribution in [3.8, 4) is 12.1 Å². The second kappa shape index (κ2) is 11.4. The number of anilines is 1. The molecule has 3 rings (SSSR count). The van der Waals surface area contributed by atoms with Crippen LogP contribution in [0.4, 0.5) is 5.82 Å². The molecule has 1 aromatic heterocycles. The van der Waals surface area contributed by atoms with Crippen LogP contribution >= 0.6 is 11.8 Å². The molecule has 3 atom stereocenters. The Balaban J connectivity index is 2.00. The third-order valence-electron chi connectivity index (χ3n) is 6.61. The Morgan fingerprint density at radius 1 is 1.21 bits per heavy atom. The van der Waals surface area contributed by atoms with Gasteiger partial charge in [-0.15, -0.1) is 0 Å². The van der Waals surface area contributed by atoms with E-state index in [2.05, 4.69) is 30.9 Å². The molecule has 1 aliphatic heterocycles. The SMILES string of the molecule is CCc1c(C#N)c(SC(C(N)=O)c2ccccc2)nc(N(C)CCN2[C@H](C)CC[C@@H]2C)c1C#N. The second-order valence-electron chi connectivity index (χ2n) is 8.79. The Bertz CT molecular complexity index is 1100. The van der Waals surface area contributed by atoms with Crippen LogP contribution in [-0.4, -0.2) is 48.0 Å². The molecular formula is C26H32N6OS. The predicted octanol–water partition coefficient (Wildman–Crippen LogP) is 4.02. The van der Waals surface area contributed by atoms with E-state index in [1.807, 2.05) is 49.2 Å². The fourth-order valence-electron chi connectivity index (χ4n) is 4.64. The van der Waals surface area contributed by atoms with E-state index in [1.54, 1.807) is 0 Å². The number of benzene rings is 1. The highest BCUT2D eigenvalue weighted by molar-refractivity contribution is 8.00. The number of pyridine rings is 1. The van der Waals surface area contributed by atoms with Crippen LogP contribution in [0.2, 0.25) is 0 Å². The zero-order valence-corrected chi connectivity index (χ0v) is 21.1. The van der Waals surface area contributed by atoms with Crippen molar-refractivity contribution in [1.29, 1.82) is 10.5 Å². The minimum absolute atomic E-state index is 0.338. The van der Waals surface area contributed by atoms with Gasteiger partial charge >= 0.3 is 0 Å². The summed E-state index contributed by atoms with van der Waals surface area (Å²) in [7, 11) is 1.93. The minimum Gasteiger partial charge on any atom is -0.368 e. The number of rotatable bonds is 9. The molecular weight excluding hydrogens is 444 g/mol. The number of hydrogen-bond donors (Lipinski definition) is 1. The molecule has 1 unspecified atom stereocenters. The molecule has 2 aromatic rings. The van der Waals surface area contributed by atoms with Crippen LogP contribution in [-0.2, 0) is 11.2 Å². The second-order valence-corrected chi connectivity index (χ2v) is 9.89. The number of likely N-dealkylation sites (tertiary alicyclic amines) is 1. The fourth-order valence-corrected chi connectivity index (χ4v) is 5.69. The fraction of sp³-hybridized carbons (Fsp3) is 0.462. The van der Waals surface area contributed by atoms with Gasteiger partial charge in [-0.05, 0) is 44.2 Å². The molecule has 34 heavy (non-hydrogen) atoms. The number of carbonyl (C=O) groups is 1. The van der Waals surface area contributed by atoms with Gasteiger partial charge in [0.05, 0.1) is 11.1 Å². The highest BCUT2D eigenvalue weighted by Crippen LogP contribution is 2.39. The summed E-state index contributed by atoms with van der Waals surface area (Å²) >= 11 is 1.17. The molecule has 1 amide bonds. The average molecular weight is 477 g/mol. The van der Waals surface area contributed by atoms with E-state index in [0.717, 1.165) is 12.1 Å². The van der Waals surface area contributed by atoms with Gasteiger partial charge in [-0.25, -0.2) is 4.98 Å². The Hall–Kier alpha value is -3.07. The van der Waals surface area contributed by atoms with Crippen LogP contribution in [0.5, 0.6) is 0 Å². The lowest BCUT2D eigenvalue weighted by atomic mass is 10.0. The first-order valence-corrected chi connectivity index (χ1v) is 12.5. The number of primary amides is 1. The van der Waals surface area contributed by atoms with Gasteiger partial charge in [0.15, 0.2) is 0 Å². The number of nitrogens with zero attached hydrogens (tertiary/aromatic N) is 5. The van der Waals surface area contributed by atoms with Gasteiger partial charge in [0.1, 0.15) is 28.2 Å². The van der Waals surface area contributed by atoms with E-state index in [0.29, 0.717) is 52.6 Å². The maximum absolute atomic E-state index is 12.3. The smallest absolute Gasteiger partial charge is 0.235 e. The lowest BCUT2D eigenvalue weighted by Gasteiger charge is -2.29. The monoisotopic (exact) mass is 476 g/mol. The molecule has 2 N–H and O–H groups in total. The number of hydrogen-bond acceptors (Lipinski definition) is 7. The highest BCUT2D eigenvalue weighted by Gasteiger charge is 2.29. The number of aromatic nitrogens is 1. The third-order valence-corrected chi connectivity index (χ3v) is 7.86. The van der Waals surface area contributed by atoms with E-state index in [1.165, 1.54) is 24.6 Å². The Kier molecular flexibility index (Phi) is 8.55. The van der Waals surface area contributed by atoms with Crippen molar-refractivity contribution in [2.24, 2.45) is 5.73 Å². The average Bonchev–Trinajstić information content (AvgIpc) is 3.16. The molecule has 0 spiro atoms. The molecule has 7 nitrogen and oxygen atoms in total. The van der Waals surface area contributed by atoms with Gasteiger partial charge in [-0.3, -0.25) is 9.69 Å². The van der Waals surface area contributed by atoms with Crippen LogP contribution in [0.3, 0.4) is 0 Å². The van der Waals surface area contributed by atoms with Crippen molar-refractivity contribution >= 4 is 23.5 Å². The van der Waals surface area contributed by atoms with E-state index in [9.17, 15) is 15.3 Å². The topological polar surface area (TPSA) is 110 Å². The molecule has 1 fully saturated rings. The maximum Gasteiger partial charge on any atom is 0.235 e. The van der Waals surface area contributed by atoms with E-state index in [4.69, 9.17) is 10.7 Å². The van der Waals surface area contributed by atoms with Crippen LogP contribution in [0.25, 0.3) is 0 Å². The third kappa shape index (κ3) is 5.35. The first kappa shape index (κ1) is 25.6. The van der Waals surface area contributed by atoms with Gasteiger partial charge in [-0.2, -0.15) is 10.5 Å². The van der Waals surface area contributed by atoms with E-state index < -0.39 is 11.2 Å². The molecule has 1 saturated heterocycles. The molecule has 1 aromatic carbocycles. The standard InChI is InChI=1S/C26H32N6OS/c1-5-20-21(15-27)25(31(4)13-14-32-17(2)11-12-18(32)3)30-26(22(20)16-28)34-23(24(29)33)19-9-7-6-8-10-19/h6-10,17-18,23H,5,11-14H2,1-4H3,(H2,29,33)/t17-,18+,23?. The summed E-state index contributed by atoms with van der Waals surface area (Å²) in [4.78, 5) is 21.6. The molecule has 8 heteroatoms. The molecule has 0 aliphatic carbocycles. The highest BCUT2D eigenvalue weighted by atomic mass is 32.2. The lowest BCUT2D eigenvalue weighted by Crippen LogP contribution is -2.39. The number of carbonyl (C=O) groups excluding carboxylic acids is 1. The molecule has 0 radical (unpaired) electrons. The van der Waals surface area contributed by atoms with Gasteiger partial charge in [-0.1, -0.05) is 49.0 Å². The van der Waals surface area contributed by atoms with Crippen LogP contribution in [0.1, 0.15) is 61.1 Å². The molecule has 0 bridgehead atoms. The number of nitriles is 2. The summed E-state index contributed by atoms with van der Waals surface area (Å²) in [6.07, 6.45) is 2.89. The van der Waals surface area contributed by atoms with Crippen molar-refractivity contribution in [2.75, 3.05) is 25.0 Å². The summed E-state index contributed by atoms with van der Waals surface area (Å²) in [6, 6.07) is 14.8. The van der Waals surface area contributed by atoms with Crippen LogP contribution < -0.4 is 10.6 Å². The van der Waals surface area contributed by atoms with Gasteiger partial charge < -0.3 is 10.6 Å². The van der Waals surface area contributed by atoms with Crippen molar-refractivity contribution in [3.63, 3.8) is 0 Å². The van der Waals surface area contributed by atoms with Crippen LogP contribution in [0, 0.1) is 22.7 Å². The first-order chi connectivity index (χ1) is 16.3. The largest absolute Gasteiger partial charge is 0.368 e. The summed E-state index contributed by atoms with van der Waals surface area (Å²) in [5, 5.41) is 19.7. The summed E-state index contributed by atoms with van der Waals surface area (Å²) < 4.78 is 0. The normalized spacial score (nSPS) is 18.8. The first-order valence-electron chi connectivity index (χ1n) is 11.7. The Labute approximate surface area is 206 Å².